The fourth-order valence-electron chi connectivity index (χ4n) is 1.73. The molecule has 0 fully saturated rings. The summed E-state index contributed by atoms with van der Waals surface area (Å²) in [5.74, 6) is 0.361. The minimum absolute atomic E-state index is 0.0156. The molecule has 0 aliphatic carbocycles. The molecule has 0 saturated heterocycles. The van der Waals surface area contributed by atoms with Crippen molar-refractivity contribution >= 4 is 33.0 Å². The van der Waals surface area contributed by atoms with Gasteiger partial charge in [0.05, 0.1) is 5.88 Å². The lowest BCUT2D eigenvalue weighted by molar-refractivity contribution is 0.369. The second-order valence-electron chi connectivity index (χ2n) is 4.46. The number of halogens is 1. The molecule has 1 aromatic heterocycles. The highest BCUT2D eigenvalue weighted by Crippen LogP contribution is 2.30. The Balaban J connectivity index is 3.05. The van der Waals surface area contributed by atoms with Crippen LogP contribution in [0.4, 0.5) is 0 Å². The van der Waals surface area contributed by atoms with Crippen molar-refractivity contribution in [3.63, 3.8) is 0 Å². The number of nitrogens with zero attached hydrogens (tertiary/aromatic N) is 1. The Hall–Kier alpha value is -0.100. The lowest BCUT2D eigenvalue weighted by Gasteiger charge is -2.23. The van der Waals surface area contributed by atoms with E-state index >= 15 is 0 Å². The topological polar surface area (TPSA) is 37.4 Å². The number of alkyl halides is 1. The zero-order valence-corrected chi connectivity index (χ0v) is 13.6. The molecule has 104 valence electrons. The van der Waals surface area contributed by atoms with Crippen LogP contribution in [-0.2, 0) is 15.9 Å². The van der Waals surface area contributed by atoms with Gasteiger partial charge in [-0.2, -0.15) is 4.31 Å². The molecule has 0 bridgehead atoms. The summed E-state index contributed by atoms with van der Waals surface area (Å²) < 4.78 is 26.7. The van der Waals surface area contributed by atoms with Crippen LogP contribution >= 0.6 is 22.9 Å². The maximum Gasteiger partial charge on any atom is 0.252 e. The summed E-state index contributed by atoms with van der Waals surface area (Å²) in [6.07, 6.45) is 1.83. The van der Waals surface area contributed by atoms with Gasteiger partial charge in [-0.05, 0) is 31.9 Å². The van der Waals surface area contributed by atoms with Crippen molar-refractivity contribution in [1.29, 1.82) is 0 Å². The molecule has 1 atom stereocenters. The molecule has 1 unspecified atom stereocenters. The predicted octanol–water partition coefficient (Wildman–Crippen LogP) is 3.60. The molecule has 1 heterocycles. The van der Waals surface area contributed by atoms with Crippen LogP contribution in [0, 0.1) is 6.92 Å². The molecule has 0 saturated carbocycles. The fourth-order valence-corrected chi connectivity index (χ4v) is 5.12. The summed E-state index contributed by atoms with van der Waals surface area (Å²) in [4.78, 5) is 0.923. The largest absolute Gasteiger partial charge is 0.252 e. The van der Waals surface area contributed by atoms with Crippen molar-refractivity contribution in [2.75, 3.05) is 7.05 Å². The standard InChI is InChI=1S/C12H20ClNO2S2/c1-5-6-10(3)14(4)18(15,16)12-7-9(2)11(8-13)17-12/h7,10H,5-6,8H2,1-4H3. The molecule has 1 rings (SSSR count). The Labute approximate surface area is 119 Å². The third-order valence-electron chi connectivity index (χ3n) is 3.08. The molecule has 1 aromatic rings. The molecule has 3 nitrogen and oxygen atoms in total. The van der Waals surface area contributed by atoms with Gasteiger partial charge in [-0.3, -0.25) is 0 Å². The predicted molar refractivity (Wildman–Crippen MR) is 77.9 cm³/mol. The van der Waals surface area contributed by atoms with Crippen molar-refractivity contribution in [2.24, 2.45) is 0 Å². The van der Waals surface area contributed by atoms with Crippen LogP contribution < -0.4 is 0 Å². The van der Waals surface area contributed by atoms with Crippen LogP contribution in [0.3, 0.4) is 0 Å². The van der Waals surface area contributed by atoms with Gasteiger partial charge in [-0.15, -0.1) is 22.9 Å². The number of thiophene rings is 1. The van der Waals surface area contributed by atoms with Gasteiger partial charge in [-0.25, -0.2) is 8.42 Å². The summed E-state index contributed by atoms with van der Waals surface area (Å²) in [5.41, 5.74) is 0.949. The van der Waals surface area contributed by atoms with E-state index in [0.717, 1.165) is 23.3 Å². The van der Waals surface area contributed by atoms with Crippen molar-refractivity contribution in [2.45, 2.75) is 49.7 Å². The summed E-state index contributed by atoms with van der Waals surface area (Å²) >= 11 is 7.06. The van der Waals surface area contributed by atoms with Crippen LogP contribution in [0.5, 0.6) is 0 Å². The fraction of sp³-hybridized carbons (Fsp3) is 0.667. The second-order valence-corrected chi connectivity index (χ2v) is 8.09. The van der Waals surface area contributed by atoms with E-state index in [4.69, 9.17) is 11.6 Å². The zero-order chi connectivity index (χ0) is 13.9. The lowest BCUT2D eigenvalue weighted by atomic mass is 10.2. The average Bonchev–Trinajstić information content (AvgIpc) is 2.70. The minimum atomic E-state index is -3.38. The van der Waals surface area contributed by atoms with Crippen LogP contribution in [-0.4, -0.2) is 25.8 Å². The van der Waals surface area contributed by atoms with Gasteiger partial charge >= 0.3 is 0 Å². The average molecular weight is 310 g/mol. The van der Waals surface area contributed by atoms with Crippen molar-refractivity contribution in [3.8, 4) is 0 Å². The lowest BCUT2D eigenvalue weighted by Crippen LogP contribution is -2.34. The Morgan fingerprint density at radius 2 is 2.11 bits per heavy atom. The minimum Gasteiger partial charge on any atom is -0.206 e. The molecule has 18 heavy (non-hydrogen) atoms. The van der Waals surface area contributed by atoms with Gasteiger partial charge in [-0.1, -0.05) is 13.3 Å². The molecule has 0 aliphatic heterocycles. The van der Waals surface area contributed by atoms with Gasteiger partial charge in [0, 0.05) is 18.0 Å². The highest BCUT2D eigenvalue weighted by Gasteiger charge is 2.27. The Kier molecular flexibility index (Phi) is 5.65. The maximum atomic E-state index is 12.4. The highest BCUT2D eigenvalue weighted by atomic mass is 35.5. The zero-order valence-electron chi connectivity index (χ0n) is 11.2. The highest BCUT2D eigenvalue weighted by molar-refractivity contribution is 7.91. The number of rotatable bonds is 6. The number of aryl methyl sites for hydroxylation is 1. The van der Waals surface area contributed by atoms with Crippen molar-refractivity contribution in [3.05, 3.63) is 16.5 Å². The van der Waals surface area contributed by atoms with Crippen LogP contribution in [0.1, 0.15) is 37.1 Å². The number of hydrogen-bond donors (Lipinski definition) is 0. The molecule has 0 aromatic carbocycles. The first-order valence-electron chi connectivity index (χ1n) is 5.97. The summed E-state index contributed by atoms with van der Waals surface area (Å²) in [6, 6.07) is 1.73. The van der Waals surface area contributed by atoms with E-state index < -0.39 is 10.0 Å². The maximum absolute atomic E-state index is 12.4. The van der Waals surface area contributed by atoms with Crippen molar-refractivity contribution in [1.82, 2.24) is 4.31 Å². The van der Waals surface area contributed by atoms with Crippen LogP contribution in [0.15, 0.2) is 10.3 Å². The van der Waals surface area contributed by atoms with E-state index in [0.29, 0.717) is 10.1 Å². The van der Waals surface area contributed by atoms with E-state index in [1.807, 2.05) is 13.8 Å². The quantitative estimate of drug-likeness (QED) is 0.753. The van der Waals surface area contributed by atoms with E-state index in [1.165, 1.54) is 15.6 Å². The Bertz CT molecular complexity index is 496. The van der Waals surface area contributed by atoms with Crippen molar-refractivity contribution < 1.29 is 8.42 Å². The van der Waals surface area contributed by atoms with E-state index in [1.54, 1.807) is 13.1 Å². The number of hydrogen-bond acceptors (Lipinski definition) is 3. The van der Waals surface area contributed by atoms with Crippen LogP contribution in [0.2, 0.25) is 0 Å². The van der Waals surface area contributed by atoms with Crippen LogP contribution in [0.25, 0.3) is 0 Å². The summed E-state index contributed by atoms with van der Waals surface area (Å²) in [5, 5.41) is 0. The molecular weight excluding hydrogens is 290 g/mol. The molecule has 0 aliphatic rings. The second kappa shape index (κ2) is 6.37. The molecule has 0 spiro atoms. The molecule has 0 amide bonds. The first-order valence-corrected chi connectivity index (χ1v) is 8.77. The molecule has 6 heteroatoms. The van der Waals surface area contributed by atoms with E-state index in [-0.39, 0.29) is 6.04 Å². The first-order chi connectivity index (χ1) is 8.34. The van der Waals surface area contributed by atoms with Gasteiger partial charge in [0.2, 0.25) is 0 Å². The third-order valence-corrected chi connectivity index (χ3v) is 7.16. The molecule has 0 radical (unpaired) electrons. The van der Waals surface area contributed by atoms with E-state index in [2.05, 4.69) is 6.92 Å². The molecular formula is C12H20ClNO2S2. The van der Waals surface area contributed by atoms with Gasteiger partial charge in [0.1, 0.15) is 4.21 Å². The van der Waals surface area contributed by atoms with Gasteiger partial charge in [0.25, 0.3) is 10.0 Å². The first kappa shape index (κ1) is 16.0. The summed E-state index contributed by atoms with van der Waals surface area (Å²) in [6.45, 7) is 5.88. The SMILES string of the molecule is CCCC(C)N(C)S(=O)(=O)c1cc(C)c(CCl)s1. The summed E-state index contributed by atoms with van der Waals surface area (Å²) in [7, 11) is -1.74. The van der Waals surface area contributed by atoms with E-state index in [9.17, 15) is 8.42 Å². The van der Waals surface area contributed by atoms with Gasteiger partial charge in [0.15, 0.2) is 0 Å². The third kappa shape index (κ3) is 3.26. The molecule has 0 N–H and O–H groups in total. The number of sulfonamides is 1. The normalized spacial score (nSPS) is 14.1. The smallest absolute Gasteiger partial charge is 0.206 e. The Morgan fingerprint density at radius 3 is 2.56 bits per heavy atom. The Morgan fingerprint density at radius 1 is 1.50 bits per heavy atom. The van der Waals surface area contributed by atoms with Gasteiger partial charge < -0.3 is 0 Å². The monoisotopic (exact) mass is 309 g/mol.